The summed E-state index contributed by atoms with van der Waals surface area (Å²) in [6.45, 7) is 5.82. The minimum Gasteiger partial charge on any atom is -0.372 e. The first kappa shape index (κ1) is 9.72. The quantitative estimate of drug-likeness (QED) is 0.635. The molecule has 0 N–H and O–H groups in total. The minimum atomic E-state index is -0.0155. The van der Waals surface area contributed by atoms with Gasteiger partial charge in [0.25, 0.3) is 0 Å². The molecule has 0 aromatic carbocycles. The zero-order valence-corrected chi connectivity index (χ0v) is 8.22. The second kappa shape index (κ2) is 3.56. The third kappa shape index (κ3) is 2.94. The summed E-state index contributed by atoms with van der Waals surface area (Å²) in [7, 11) is 0. The first-order valence-corrected chi connectivity index (χ1v) is 4.67. The van der Waals surface area contributed by atoms with E-state index >= 15 is 0 Å². The lowest BCUT2D eigenvalue weighted by Gasteiger charge is -2.35. The molecule has 1 atom stereocenters. The van der Waals surface area contributed by atoms with Gasteiger partial charge in [-0.3, -0.25) is 4.79 Å². The van der Waals surface area contributed by atoms with Crippen LogP contribution < -0.4 is 0 Å². The lowest BCUT2D eigenvalue weighted by atomic mass is 9.93. The van der Waals surface area contributed by atoms with E-state index in [2.05, 4.69) is 13.8 Å². The summed E-state index contributed by atoms with van der Waals surface area (Å²) >= 11 is 0. The summed E-state index contributed by atoms with van der Waals surface area (Å²) in [6, 6.07) is 0. The Balaban J connectivity index is 2.41. The zero-order valence-electron chi connectivity index (χ0n) is 8.22. The lowest BCUT2D eigenvalue weighted by Crippen LogP contribution is -2.36. The molecule has 1 heterocycles. The number of hydrogen-bond acceptors (Lipinski definition) is 2. The van der Waals surface area contributed by atoms with Crippen molar-refractivity contribution in [3.8, 4) is 0 Å². The molecule has 2 heteroatoms. The van der Waals surface area contributed by atoms with Gasteiger partial charge in [-0.1, -0.05) is 0 Å². The molecule has 1 aliphatic rings. The fraction of sp³-hybridized carbons (Fsp3) is 0.900. The number of ketones is 1. The second-order valence-corrected chi connectivity index (χ2v) is 4.30. The molecule has 0 saturated carbocycles. The van der Waals surface area contributed by atoms with Crippen LogP contribution in [0.5, 0.6) is 0 Å². The maximum absolute atomic E-state index is 10.8. The Labute approximate surface area is 74.3 Å². The molecule has 0 aromatic rings. The molecular weight excluding hydrogens is 152 g/mol. The highest BCUT2D eigenvalue weighted by Gasteiger charge is 2.28. The summed E-state index contributed by atoms with van der Waals surface area (Å²) in [6.07, 6.45) is 4.10. The van der Waals surface area contributed by atoms with Crippen molar-refractivity contribution in [2.24, 2.45) is 0 Å². The van der Waals surface area contributed by atoms with Crippen molar-refractivity contribution in [3.05, 3.63) is 0 Å². The van der Waals surface area contributed by atoms with Crippen molar-refractivity contribution in [1.82, 2.24) is 0 Å². The van der Waals surface area contributed by atoms with Crippen molar-refractivity contribution in [3.63, 3.8) is 0 Å². The van der Waals surface area contributed by atoms with Crippen LogP contribution in [0.4, 0.5) is 0 Å². The fourth-order valence-electron chi connectivity index (χ4n) is 1.79. The smallest absolute Gasteiger partial charge is 0.132 e. The third-order valence-electron chi connectivity index (χ3n) is 2.31. The molecule has 1 aliphatic heterocycles. The molecule has 70 valence electrons. The topological polar surface area (TPSA) is 26.3 Å². The average Bonchev–Trinajstić information content (AvgIpc) is 1.82. The van der Waals surface area contributed by atoms with Crippen molar-refractivity contribution >= 4 is 5.78 Å². The summed E-state index contributed by atoms with van der Waals surface area (Å²) < 4.78 is 5.76. The van der Waals surface area contributed by atoms with E-state index in [4.69, 9.17) is 4.74 Å². The van der Waals surface area contributed by atoms with E-state index in [1.807, 2.05) is 0 Å². The molecule has 2 nitrogen and oxygen atoms in total. The van der Waals surface area contributed by atoms with Gasteiger partial charge in [-0.05, 0) is 40.0 Å². The van der Waals surface area contributed by atoms with Gasteiger partial charge in [0.2, 0.25) is 0 Å². The predicted molar refractivity (Wildman–Crippen MR) is 48.1 cm³/mol. The van der Waals surface area contributed by atoms with Gasteiger partial charge in [0.1, 0.15) is 5.78 Å². The predicted octanol–water partition coefficient (Wildman–Crippen LogP) is 2.31. The van der Waals surface area contributed by atoms with Crippen molar-refractivity contribution in [2.45, 2.75) is 58.2 Å². The van der Waals surface area contributed by atoms with Crippen LogP contribution in [0.2, 0.25) is 0 Å². The first-order valence-electron chi connectivity index (χ1n) is 4.67. The van der Waals surface area contributed by atoms with Gasteiger partial charge in [0.05, 0.1) is 11.7 Å². The van der Waals surface area contributed by atoms with Crippen LogP contribution in [0.15, 0.2) is 0 Å². The summed E-state index contributed by atoms with van der Waals surface area (Å²) in [5.41, 5.74) is -0.0155. The standard InChI is InChI=1S/C10H18O2/c1-8(11)7-9-5-4-6-10(2,3)12-9/h9H,4-7H2,1-3H3. The molecule has 1 unspecified atom stereocenters. The molecule has 0 aliphatic carbocycles. The van der Waals surface area contributed by atoms with E-state index in [1.54, 1.807) is 6.92 Å². The van der Waals surface area contributed by atoms with E-state index in [1.165, 1.54) is 6.42 Å². The molecule has 1 saturated heterocycles. The van der Waals surface area contributed by atoms with Crippen LogP contribution in [0.3, 0.4) is 0 Å². The van der Waals surface area contributed by atoms with Gasteiger partial charge in [0.15, 0.2) is 0 Å². The number of Topliss-reactive ketones (excluding diaryl/α,β-unsaturated/α-hetero) is 1. The maximum atomic E-state index is 10.8. The largest absolute Gasteiger partial charge is 0.372 e. The van der Waals surface area contributed by atoms with Gasteiger partial charge in [-0.15, -0.1) is 0 Å². The Morgan fingerprint density at radius 3 is 2.75 bits per heavy atom. The van der Waals surface area contributed by atoms with E-state index in [0.717, 1.165) is 12.8 Å². The molecular formula is C10H18O2. The Morgan fingerprint density at radius 1 is 1.58 bits per heavy atom. The highest BCUT2D eigenvalue weighted by molar-refractivity contribution is 5.75. The maximum Gasteiger partial charge on any atom is 0.132 e. The fourth-order valence-corrected chi connectivity index (χ4v) is 1.79. The highest BCUT2D eigenvalue weighted by atomic mass is 16.5. The van der Waals surface area contributed by atoms with E-state index < -0.39 is 0 Å². The molecule has 0 aromatic heterocycles. The molecule has 0 spiro atoms. The molecule has 12 heavy (non-hydrogen) atoms. The minimum absolute atomic E-state index is 0.0155. The van der Waals surface area contributed by atoms with Gasteiger partial charge in [0, 0.05) is 6.42 Å². The molecule has 0 radical (unpaired) electrons. The first-order chi connectivity index (χ1) is 5.49. The van der Waals surface area contributed by atoms with Crippen molar-refractivity contribution < 1.29 is 9.53 Å². The van der Waals surface area contributed by atoms with E-state index in [9.17, 15) is 4.79 Å². The number of hydrogen-bond donors (Lipinski definition) is 0. The molecule has 1 rings (SSSR count). The highest BCUT2D eigenvalue weighted by Crippen LogP contribution is 2.29. The molecule has 0 bridgehead atoms. The normalized spacial score (nSPS) is 28.4. The van der Waals surface area contributed by atoms with Crippen LogP contribution in [0.1, 0.15) is 46.5 Å². The van der Waals surface area contributed by atoms with Crippen LogP contribution in [-0.2, 0) is 9.53 Å². The van der Waals surface area contributed by atoms with E-state index in [0.29, 0.717) is 6.42 Å². The monoisotopic (exact) mass is 170 g/mol. The van der Waals surface area contributed by atoms with Crippen molar-refractivity contribution in [1.29, 1.82) is 0 Å². The zero-order chi connectivity index (χ0) is 9.19. The average molecular weight is 170 g/mol. The third-order valence-corrected chi connectivity index (χ3v) is 2.31. The van der Waals surface area contributed by atoms with Crippen LogP contribution >= 0.6 is 0 Å². The van der Waals surface area contributed by atoms with E-state index in [-0.39, 0.29) is 17.5 Å². The Kier molecular flexibility index (Phi) is 2.89. The number of ether oxygens (including phenoxy) is 1. The molecule has 0 amide bonds. The Bertz CT molecular complexity index is 173. The van der Waals surface area contributed by atoms with Gasteiger partial charge < -0.3 is 4.74 Å². The number of rotatable bonds is 2. The van der Waals surface area contributed by atoms with Crippen LogP contribution in [-0.4, -0.2) is 17.5 Å². The van der Waals surface area contributed by atoms with Crippen molar-refractivity contribution in [2.75, 3.05) is 0 Å². The summed E-state index contributed by atoms with van der Waals surface area (Å²) in [5.74, 6) is 0.234. The number of carbonyl (C=O) groups is 1. The van der Waals surface area contributed by atoms with Gasteiger partial charge >= 0.3 is 0 Å². The second-order valence-electron chi connectivity index (χ2n) is 4.30. The Hall–Kier alpha value is -0.370. The molecule has 1 fully saturated rings. The summed E-state index contributed by atoms with van der Waals surface area (Å²) in [4.78, 5) is 10.8. The summed E-state index contributed by atoms with van der Waals surface area (Å²) in [5, 5.41) is 0. The van der Waals surface area contributed by atoms with Crippen LogP contribution in [0, 0.1) is 0 Å². The van der Waals surface area contributed by atoms with Gasteiger partial charge in [-0.2, -0.15) is 0 Å². The SMILES string of the molecule is CC(=O)CC1CCCC(C)(C)O1. The van der Waals surface area contributed by atoms with Crippen LogP contribution in [0.25, 0.3) is 0 Å². The number of carbonyl (C=O) groups excluding carboxylic acids is 1. The lowest BCUT2D eigenvalue weighted by molar-refractivity contribution is -0.132. The Morgan fingerprint density at radius 2 is 2.25 bits per heavy atom. The van der Waals surface area contributed by atoms with Gasteiger partial charge in [-0.25, -0.2) is 0 Å².